The van der Waals surface area contributed by atoms with E-state index in [1.54, 1.807) is 18.9 Å². The third kappa shape index (κ3) is 3.52. The Bertz CT molecular complexity index is 429. The molecule has 2 aromatic rings. The van der Waals surface area contributed by atoms with Crippen molar-refractivity contribution in [3.63, 3.8) is 0 Å². The topological polar surface area (TPSA) is 29.5 Å². The molecule has 0 aliphatic carbocycles. The lowest BCUT2D eigenvalue weighted by Crippen LogP contribution is -1.85. The minimum absolute atomic E-state index is 0.101. The Labute approximate surface area is 112 Å². The Hall–Kier alpha value is -1.45. The summed E-state index contributed by atoms with van der Waals surface area (Å²) >= 11 is 1.78. The van der Waals surface area contributed by atoms with Crippen molar-refractivity contribution in [2.24, 2.45) is 0 Å². The molecule has 0 bridgehead atoms. The molecule has 0 aliphatic heterocycles. The molecular formula is C15H16O2S. The number of hydrogen-bond donors (Lipinski definition) is 1. The van der Waals surface area contributed by atoms with Gasteiger partial charge in [-0.15, -0.1) is 11.8 Å². The number of rotatable bonds is 5. The van der Waals surface area contributed by atoms with E-state index in [-0.39, 0.29) is 6.61 Å². The van der Waals surface area contributed by atoms with Gasteiger partial charge in [-0.2, -0.15) is 0 Å². The Kier molecular flexibility index (Phi) is 4.67. The third-order valence-electron chi connectivity index (χ3n) is 2.67. The standard InChI is InChI=1S/C15H16O2S/c1-17-14-6-2-13(3-7-14)11-18-15-8-4-12(10-16)5-9-15/h2-9,16H,10-11H2,1H3. The Morgan fingerprint density at radius 2 is 1.56 bits per heavy atom. The van der Waals surface area contributed by atoms with Crippen LogP contribution < -0.4 is 4.74 Å². The number of hydrogen-bond acceptors (Lipinski definition) is 3. The molecule has 2 aromatic carbocycles. The van der Waals surface area contributed by atoms with Crippen LogP contribution in [0.3, 0.4) is 0 Å². The number of methoxy groups -OCH3 is 1. The van der Waals surface area contributed by atoms with Gasteiger partial charge in [0.2, 0.25) is 0 Å². The van der Waals surface area contributed by atoms with Gasteiger partial charge in [-0.3, -0.25) is 0 Å². The van der Waals surface area contributed by atoms with Gasteiger partial charge < -0.3 is 9.84 Å². The maximum atomic E-state index is 8.97. The summed E-state index contributed by atoms with van der Waals surface area (Å²) < 4.78 is 5.13. The molecule has 0 heterocycles. The summed E-state index contributed by atoms with van der Waals surface area (Å²) in [7, 11) is 1.67. The smallest absolute Gasteiger partial charge is 0.118 e. The summed E-state index contributed by atoms with van der Waals surface area (Å²) in [5, 5.41) is 8.97. The SMILES string of the molecule is COc1ccc(CSc2ccc(CO)cc2)cc1. The van der Waals surface area contributed by atoms with Crippen LogP contribution in [0.5, 0.6) is 5.75 Å². The second-order valence-corrected chi connectivity index (χ2v) is 4.99. The highest BCUT2D eigenvalue weighted by molar-refractivity contribution is 7.98. The molecule has 0 radical (unpaired) electrons. The lowest BCUT2D eigenvalue weighted by Gasteiger charge is -2.04. The normalized spacial score (nSPS) is 10.3. The highest BCUT2D eigenvalue weighted by Gasteiger charge is 1.98. The van der Waals surface area contributed by atoms with Crippen LogP contribution in [0.25, 0.3) is 0 Å². The van der Waals surface area contributed by atoms with E-state index in [9.17, 15) is 0 Å². The van der Waals surface area contributed by atoms with Gasteiger partial charge in [0.05, 0.1) is 13.7 Å². The average Bonchev–Trinajstić information content (AvgIpc) is 2.46. The van der Waals surface area contributed by atoms with Crippen molar-refractivity contribution in [2.45, 2.75) is 17.3 Å². The van der Waals surface area contributed by atoms with Crippen LogP contribution in [0.4, 0.5) is 0 Å². The van der Waals surface area contributed by atoms with Gasteiger partial charge in [-0.25, -0.2) is 0 Å². The molecule has 2 nitrogen and oxygen atoms in total. The van der Waals surface area contributed by atoms with Crippen molar-refractivity contribution in [1.29, 1.82) is 0 Å². The molecule has 0 aromatic heterocycles. The third-order valence-corrected chi connectivity index (χ3v) is 3.75. The van der Waals surface area contributed by atoms with Crippen LogP contribution in [-0.4, -0.2) is 12.2 Å². The first-order valence-corrected chi connectivity index (χ1v) is 6.76. The predicted octanol–water partition coefficient (Wildman–Crippen LogP) is 3.48. The highest BCUT2D eigenvalue weighted by Crippen LogP contribution is 2.24. The Morgan fingerprint density at radius 1 is 0.944 bits per heavy atom. The summed E-state index contributed by atoms with van der Waals surface area (Å²) in [5.74, 6) is 1.82. The van der Waals surface area contributed by atoms with Gasteiger partial charge in [0, 0.05) is 10.6 Å². The van der Waals surface area contributed by atoms with Crippen molar-refractivity contribution in [3.8, 4) is 5.75 Å². The van der Waals surface area contributed by atoms with Crippen molar-refractivity contribution in [3.05, 3.63) is 59.7 Å². The number of ether oxygens (including phenoxy) is 1. The number of aliphatic hydroxyl groups excluding tert-OH is 1. The summed E-state index contributed by atoms with van der Waals surface area (Å²) in [6.45, 7) is 0.101. The van der Waals surface area contributed by atoms with Crippen LogP contribution >= 0.6 is 11.8 Å². The lowest BCUT2D eigenvalue weighted by molar-refractivity contribution is 0.282. The molecule has 94 valence electrons. The maximum absolute atomic E-state index is 8.97. The number of aliphatic hydroxyl groups is 1. The largest absolute Gasteiger partial charge is 0.497 e. The van der Waals surface area contributed by atoms with Gasteiger partial charge in [-0.05, 0) is 35.4 Å². The van der Waals surface area contributed by atoms with Gasteiger partial charge in [-0.1, -0.05) is 24.3 Å². The van der Waals surface area contributed by atoms with E-state index in [2.05, 4.69) is 12.1 Å². The summed E-state index contributed by atoms with van der Waals surface area (Å²) in [6, 6.07) is 16.1. The first-order valence-electron chi connectivity index (χ1n) is 5.77. The fraction of sp³-hybridized carbons (Fsp3) is 0.200. The van der Waals surface area contributed by atoms with Gasteiger partial charge in [0.1, 0.15) is 5.75 Å². The fourth-order valence-electron chi connectivity index (χ4n) is 1.58. The molecule has 1 N–H and O–H groups in total. The monoisotopic (exact) mass is 260 g/mol. The second kappa shape index (κ2) is 6.47. The summed E-state index contributed by atoms with van der Waals surface area (Å²) in [4.78, 5) is 1.21. The molecule has 2 rings (SSSR count). The van der Waals surface area contributed by atoms with Gasteiger partial charge in [0.25, 0.3) is 0 Å². The number of benzene rings is 2. The molecule has 0 fully saturated rings. The zero-order valence-electron chi connectivity index (χ0n) is 10.3. The second-order valence-electron chi connectivity index (χ2n) is 3.94. The van der Waals surface area contributed by atoms with E-state index in [0.29, 0.717) is 0 Å². The Balaban J connectivity index is 1.93. The zero-order chi connectivity index (χ0) is 12.8. The fourth-order valence-corrected chi connectivity index (χ4v) is 2.43. The molecule has 0 saturated heterocycles. The number of thioether (sulfide) groups is 1. The predicted molar refractivity (Wildman–Crippen MR) is 74.9 cm³/mol. The quantitative estimate of drug-likeness (QED) is 0.835. The van der Waals surface area contributed by atoms with Crippen molar-refractivity contribution in [1.82, 2.24) is 0 Å². The minimum atomic E-state index is 0.101. The first kappa shape index (κ1) is 13.0. The van der Waals surface area contributed by atoms with Crippen LogP contribution in [0, 0.1) is 0 Å². The molecule has 0 atom stereocenters. The molecule has 0 saturated carbocycles. The minimum Gasteiger partial charge on any atom is -0.497 e. The van der Waals surface area contributed by atoms with Crippen molar-refractivity contribution in [2.75, 3.05) is 7.11 Å². The zero-order valence-corrected chi connectivity index (χ0v) is 11.1. The summed E-state index contributed by atoms with van der Waals surface area (Å²) in [5.41, 5.74) is 2.22. The lowest BCUT2D eigenvalue weighted by atomic mass is 10.2. The van der Waals surface area contributed by atoms with E-state index >= 15 is 0 Å². The highest BCUT2D eigenvalue weighted by atomic mass is 32.2. The molecule has 18 heavy (non-hydrogen) atoms. The van der Waals surface area contributed by atoms with E-state index in [1.807, 2.05) is 36.4 Å². The van der Waals surface area contributed by atoms with E-state index < -0.39 is 0 Å². The maximum Gasteiger partial charge on any atom is 0.118 e. The van der Waals surface area contributed by atoms with Crippen molar-refractivity contribution < 1.29 is 9.84 Å². The van der Waals surface area contributed by atoms with E-state index in [0.717, 1.165) is 17.1 Å². The average molecular weight is 260 g/mol. The van der Waals surface area contributed by atoms with Crippen LogP contribution in [-0.2, 0) is 12.4 Å². The molecule has 0 amide bonds. The van der Waals surface area contributed by atoms with Gasteiger partial charge >= 0.3 is 0 Å². The Morgan fingerprint density at radius 3 is 2.11 bits per heavy atom. The van der Waals surface area contributed by atoms with Gasteiger partial charge in [0.15, 0.2) is 0 Å². The molecule has 3 heteroatoms. The first-order chi connectivity index (χ1) is 8.81. The molecule has 0 unspecified atom stereocenters. The summed E-state index contributed by atoms with van der Waals surface area (Å²) in [6.07, 6.45) is 0. The van der Waals surface area contributed by atoms with E-state index in [4.69, 9.17) is 9.84 Å². The molecular weight excluding hydrogens is 244 g/mol. The van der Waals surface area contributed by atoms with Crippen LogP contribution in [0.15, 0.2) is 53.4 Å². The molecule has 0 spiro atoms. The van der Waals surface area contributed by atoms with E-state index in [1.165, 1.54) is 10.5 Å². The van der Waals surface area contributed by atoms with Crippen LogP contribution in [0.1, 0.15) is 11.1 Å². The van der Waals surface area contributed by atoms with Crippen LogP contribution in [0.2, 0.25) is 0 Å². The van der Waals surface area contributed by atoms with Crippen molar-refractivity contribution >= 4 is 11.8 Å². The molecule has 0 aliphatic rings.